The summed E-state index contributed by atoms with van der Waals surface area (Å²) < 4.78 is 4.67. The second-order valence-electron chi connectivity index (χ2n) is 5.09. The van der Waals surface area contributed by atoms with Gasteiger partial charge >= 0.3 is 5.97 Å². The maximum atomic E-state index is 12.8. The molecular formula is C18H16Cl2O3. The number of ether oxygens (including phenoxy) is 1. The molecule has 0 aliphatic heterocycles. The van der Waals surface area contributed by atoms with Gasteiger partial charge in [0.05, 0.1) is 7.11 Å². The monoisotopic (exact) mass is 350 g/mol. The lowest BCUT2D eigenvalue weighted by atomic mass is 9.87. The molecule has 0 aromatic heterocycles. The number of halogens is 2. The van der Waals surface area contributed by atoms with Crippen molar-refractivity contribution < 1.29 is 14.3 Å². The van der Waals surface area contributed by atoms with Crippen molar-refractivity contribution in [1.29, 1.82) is 0 Å². The molecule has 2 aromatic rings. The molecule has 0 radical (unpaired) electrons. The Morgan fingerprint density at radius 1 is 1.04 bits per heavy atom. The summed E-state index contributed by atoms with van der Waals surface area (Å²) in [6, 6.07) is 13.8. The van der Waals surface area contributed by atoms with E-state index in [2.05, 4.69) is 4.74 Å². The summed E-state index contributed by atoms with van der Waals surface area (Å²) in [6.45, 7) is 0. The number of methoxy groups -OCH3 is 1. The van der Waals surface area contributed by atoms with E-state index in [1.807, 2.05) is 6.07 Å². The third-order valence-corrected chi connectivity index (χ3v) is 4.05. The predicted octanol–water partition coefficient (Wildman–Crippen LogP) is 4.91. The van der Waals surface area contributed by atoms with Gasteiger partial charge in [0.2, 0.25) is 0 Å². The Kier molecular flexibility index (Phi) is 6.20. The summed E-state index contributed by atoms with van der Waals surface area (Å²) in [5, 5.41) is 1.12. The largest absolute Gasteiger partial charge is 0.469 e. The molecule has 2 aromatic carbocycles. The highest BCUT2D eigenvalue weighted by Crippen LogP contribution is 2.28. The molecule has 0 heterocycles. The smallest absolute Gasteiger partial charge is 0.305 e. The second-order valence-corrected chi connectivity index (χ2v) is 5.97. The predicted molar refractivity (Wildman–Crippen MR) is 91.2 cm³/mol. The molecule has 3 nitrogen and oxygen atoms in total. The van der Waals surface area contributed by atoms with Crippen LogP contribution in [0.5, 0.6) is 0 Å². The van der Waals surface area contributed by atoms with E-state index in [1.54, 1.807) is 42.5 Å². The molecule has 0 aliphatic carbocycles. The van der Waals surface area contributed by atoms with Crippen LogP contribution >= 0.6 is 23.2 Å². The Labute approximate surface area is 145 Å². The summed E-state index contributed by atoms with van der Waals surface area (Å²) in [6.07, 6.45) is 0.515. The Morgan fingerprint density at radius 3 is 2.35 bits per heavy atom. The fourth-order valence-corrected chi connectivity index (χ4v) is 2.68. The Hall–Kier alpha value is -1.84. The normalized spacial score (nSPS) is 11.8. The van der Waals surface area contributed by atoms with Gasteiger partial charge in [0.25, 0.3) is 0 Å². The van der Waals surface area contributed by atoms with E-state index >= 15 is 0 Å². The van der Waals surface area contributed by atoms with Crippen LogP contribution in [-0.4, -0.2) is 18.9 Å². The van der Waals surface area contributed by atoms with E-state index in [4.69, 9.17) is 23.2 Å². The van der Waals surface area contributed by atoms with Crippen LogP contribution in [0.25, 0.3) is 0 Å². The van der Waals surface area contributed by atoms with E-state index < -0.39 is 5.92 Å². The summed E-state index contributed by atoms with van der Waals surface area (Å²) in [5.74, 6) is -0.886. The van der Waals surface area contributed by atoms with Gasteiger partial charge in [-0.25, -0.2) is 0 Å². The maximum absolute atomic E-state index is 12.8. The average molecular weight is 351 g/mol. The van der Waals surface area contributed by atoms with E-state index in [-0.39, 0.29) is 18.2 Å². The van der Waals surface area contributed by atoms with Crippen LogP contribution in [0, 0.1) is 0 Å². The standard InChI is InChI=1S/C18H16Cl2O3/c1-23-17(21)10-9-16(13-3-2-4-15(20)11-13)18(22)12-5-7-14(19)8-6-12/h2-8,11,16H,9-10H2,1H3. The Bertz CT molecular complexity index is 696. The van der Waals surface area contributed by atoms with Gasteiger partial charge in [-0.2, -0.15) is 0 Å². The molecule has 1 atom stereocenters. The van der Waals surface area contributed by atoms with Crippen LogP contribution in [0.3, 0.4) is 0 Å². The number of Topliss-reactive ketones (excluding diaryl/α,β-unsaturated/α-hetero) is 1. The van der Waals surface area contributed by atoms with Crippen LogP contribution in [0.2, 0.25) is 10.0 Å². The third-order valence-electron chi connectivity index (χ3n) is 3.56. The lowest BCUT2D eigenvalue weighted by Crippen LogP contribution is -2.15. The van der Waals surface area contributed by atoms with Crippen LogP contribution < -0.4 is 0 Å². The van der Waals surface area contributed by atoms with Crippen molar-refractivity contribution >= 4 is 35.0 Å². The van der Waals surface area contributed by atoms with Gasteiger partial charge in [0, 0.05) is 27.9 Å². The number of ketones is 1. The van der Waals surface area contributed by atoms with E-state index in [0.717, 1.165) is 5.56 Å². The number of benzene rings is 2. The zero-order valence-electron chi connectivity index (χ0n) is 12.6. The molecule has 0 saturated carbocycles. The minimum Gasteiger partial charge on any atom is -0.469 e. The fraction of sp³-hybridized carbons (Fsp3) is 0.222. The third kappa shape index (κ3) is 4.81. The highest BCUT2D eigenvalue weighted by atomic mass is 35.5. The molecule has 1 unspecified atom stereocenters. The summed E-state index contributed by atoms with van der Waals surface area (Å²) in [7, 11) is 1.33. The number of hydrogen-bond donors (Lipinski definition) is 0. The fourth-order valence-electron chi connectivity index (χ4n) is 2.35. The molecule has 0 saturated heterocycles. The lowest BCUT2D eigenvalue weighted by Gasteiger charge is -2.16. The zero-order chi connectivity index (χ0) is 16.8. The van der Waals surface area contributed by atoms with Crippen molar-refractivity contribution in [1.82, 2.24) is 0 Å². The van der Waals surface area contributed by atoms with Crippen LogP contribution in [0.1, 0.15) is 34.7 Å². The van der Waals surface area contributed by atoms with Gasteiger partial charge in [-0.3, -0.25) is 9.59 Å². The zero-order valence-corrected chi connectivity index (χ0v) is 14.1. The lowest BCUT2D eigenvalue weighted by molar-refractivity contribution is -0.140. The Morgan fingerprint density at radius 2 is 1.74 bits per heavy atom. The van der Waals surface area contributed by atoms with Crippen molar-refractivity contribution in [2.45, 2.75) is 18.8 Å². The number of carbonyl (C=O) groups is 2. The maximum Gasteiger partial charge on any atom is 0.305 e. The minimum atomic E-state index is -0.464. The first-order chi connectivity index (χ1) is 11.0. The molecule has 0 spiro atoms. The molecule has 0 aliphatic rings. The molecule has 2 rings (SSSR count). The molecule has 0 bridgehead atoms. The van der Waals surface area contributed by atoms with Gasteiger partial charge in [0.15, 0.2) is 5.78 Å². The van der Waals surface area contributed by atoms with Gasteiger partial charge < -0.3 is 4.74 Å². The first-order valence-electron chi connectivity index (χ1n) is 7.13. The molecule has 23 heavy (non-hydrogen) atoms. The summed E-state index contributed by atoms with van der Waals surface area (Å²) >= 11 is 11.9. The van der Waals surface area contributed by atoms with Crippen molar-refractivity contribution in [2.75, 3.05) is 7.11 Å². The Balaban J connectivity index is 2.30. The molecule has 5 heteroatoms. The first kappa shape index (κ1) is 17.5. The molecule has 0 N–H and O–H groups in total. The number of rotatable bonds is 6. The first-order valence-corrected chi connectivity index (χ1v) is 7.89. The topological polar surface area (TPSA) is 43.4 Å². The quantitative estimate of drug-likeness (QED) is 0.548. The number of esters is 1. The van der Waals surface area contributed by atoms with Gasteiger partial charge in [0.1, 0.15) is 0 Å². The number of carbonyl (C=O) groups excluding carboxylic acids is 2. The van der Waals surface area contributed by atoms with Gasteiger partial charge in [-0.05, 0) is 48.4 Å². The summed E-state index contributed by atoms with van der Waals surface area (Å²) in [5.41, 5.74) is 1.32. The van der Waals surface area contributed by atoms with Crippen LogP contribution in [-0.2, 0) is 9.53 Å². The van der Waals surface area contributed by atoms with Crippen molar-refractivity contribution in [2.24, 2.45) is 0 Å². The SMILES string of the molecule is COC(=O)CCC(C(=O)c1ccc(Cl)cc1)c1cccc(Cl)c1. The van der Waals surface area contributed by atoms with Crippen molar-refractivity contribution in [3.63, 3.8) is 0 Å². The molecular weight excluding hydrogens is 335 g/mol. The second kappa shape index (κ2) is 8.14. The highest BCUT2D eigenvalue weighted by molar-refractivity contribution is 6.31. The summed E-state index contributed by atoms with van der Waals surface area (Å²) in [4.78, 5) is 24.3. The van der Waals surface area contributed by atoms with Crippen molar-refractivity contribution in [3.05, 3.63) is 69.7 Å². The van der Waals surface area contributed by atoms with E-state index in [9.17, 15) is 9.59 Å². The average Bonchev–Trinajstić information content (AvgIpc) is 2.55. The van der Waals surface area contributed by atoms with Crippen LogP contribution in [0.15, 0.2) is 48.5 Å². The van der Waals surface area contributed by atoms with E-state index in [0.29, 0.717) is 22.0 Å². The molecule has 0 fully saturated rings. The number of hydrogen-bond acceptors (Lipinski definition) is 3. The minimum absolute atomic E-state index is 0.0761. The van der Waals surface area contributed by atoms with Gasteiger partial charge in [-0.15, -0.1) is 0 Å². The molecule has 0 amide bonds. The van der Waals surface area contributed by atoms with Crippen molar-refractivity contribution in [3.8, 4) is 0 Å². The van der Waals surface area contributed by atoms with E-state index in [1.165, 1.54) is 7.11 Å². The highest BCUT2D eigenvalue weighted by Gasteiger charge is 2.23. The molecule has 120 valence electrons. The van der Waals surface area contributed by atoms with Gasteiger partial charge in [-0.1, -0.05) is 35.3 Å². The van der Waals surface area contributed by atoms with Crippen LogP contribution in [0.4, 0.5) is 0 Å².